The van der Waals surface area contributed by atoms with E-state index in [0.29, 0.717) is 0 Å². The lowest BCUT2D eigenvalue weighted by Gasteiger charge is -2.02. The van der Waals surface area contributed by atoms with Gasteiger partial charge in [-0.1, -0.05) is 6.07 Å². The maximum atomic E-state index is 10.9. The third kappa shape index (κ3) is 1.55. The van der Waals surface area contributed by atoms with Crippen LogP contribution >= 0.6 is 11.3 Å². The summed E-state index contributed by atoms with van der Waals surface area (Å²) in [5.41, 5.74) is 0.895. The van der Waals surface area contributed by atoms with Crippen molar-refractivity contribution in [2.45, 2.75) is 6.92 Å². The largest absolute Gasteiger partial charge is 0.326 e. The van der Waals surface area contributed by atoms with Gasteiger partial charge in [-0.25, -0.2) is 0 Å². The summed E-state index contributed by atoms with van der Waals surface area (Å²) in [5.74, 6) is -0.0290. The highest BCUT2D eigenvalue weighted by atomic mass is 32.1. The SMILES string of the molecule is CC(=O)Nc1cccc2sccc12. The molecule has 2 aromatic rings. The van der Waals surface area contributed by atoms with Crippen LogP contribution in [0.5, 0.6) is 0 Å². The zero-order valence-corrected chi connectivity index (χ0v) is 8.02. The third-order valence-corrected chi connectivity index (χ3v) is 2.69. The molecule has 1 N–H and O–H groups in total. The van der Waals surface area contributed by atoms with Crippen molar-refractivity contribution < 1.29 is 4.79 Å². The molecule has 0 atom stereocenters. The van der Waals surface area contributed by atoms with Gasteiger partial charge in [-0.3, -0.25) is 4.79 Å². The van der Waals surface area contributed by atoms with Gasteiger partial charge in [0.1, 0.15) is 0 Å². The highest BCUT2D eigenvalue weighted by molar-refractivity contribution is 7.17. The molecule has 0 bridgehead atoms. The first-order chi connectivity index (χ1) is 6.27. The van der Waals surface area contributed by atoms with E-state index < -0.39 is 0 Å². The van der Waals surface area contributed by atoms with E-state index in [-0.39, 0.29) is 5.91 Å². The molecule has 1 heterocycles. The van der Waals surface area contributed by atoms with Gasteiger partial charge in [0.05, 0.1) is 0 Å². The van der Waals surface area contributed by atoms with Crippen molar-refractivity contribution in [2.75, 3.05) is 5.32 Å². The van der Waals surface area contributed by atoms with E-state index in [4.69, 9.17) is 0 Å². The van der Waals surface area contributed by atoms with Gasteiger partial charge in [-0.15, -0.1) is 11.3 Å². The summed E-state index contributed by atoms with van der Waals surface area (Å²) in [6, 6.07) is 7.93. The molecule has 2 rings (SSSR count). The number of fused-ring (bicyclic) bond motifs is 1. The Morgan fingerprint density at radius 2 is 2.23 bits per heavy atom. The van der Waals surface area contributed by atoms with Crippen molar-refractivity contribution in [3.63, 3.8) is 0 Å². The van der Waals surface area contributed by atoms with E-state index in [9.17, 15) is 4.79 Å². The molecule has 1 aromatic carbocycles. The fourth-order valence-electron chi connectivity index (χ4n) is 1.29. The Balaban J connectivity index is 2.54. The molecule has 1 aromatic heterocycles. The molecule has 0 aliphatic carbocycles. The smallest absolute Gasteiger partial charge is 0.221 e. The molecule has 0 saturated carbocycles. The molecule has 1 amide bonds. The lowest BCUT2D eigenvalue weighted by molar-refractivity contribution is -0.114. The first-order valence-corrected chi connectivity index (χ1v) is 4.89. The van der Waals surface area contributed by atoms with E-state index in [1.54, 1.807) is 11.3 Å². The highest BCUT2D eigenvalue weighted by Gasteiger charge is 2.01. The molecule has 0 aliphatic rings. The van der Waals surface area contributed by atoms with Crippen LogP contribution in [0.4, 0.5) is 5.69 Å². The Morgan fingerprint density at radius 3 is 3.00 bits per heavy atom. The first-order valence-electron chi connectivity index (χ1n) is 4.01. The van der Waals surface area contributed by atoms with Crippen molar-refractivity contribution in [3.8, 4) is 0 Å². The maximum Gasteiger partial charge on any atom is 0.221 e. The summed E-state index contributed by atoms with van der Waals surface area (Å²) in [7, 11) is 0. The third-order valence-electron chi connectivity index (χ3n) is 1.81. The van der Waals surface area contributed by atoms with Crippen molar-refractivity contribution in [1.29, 1.82) is 0 Å². The second-order valence-electron chi connectivity index (χ2n) is 2.82. The summed E-state index contributed by atoms with van der Waals surface area (Å²) in [6.07, 6.45) is 0. The summed E-state index contributed by atoms with van der Waals surface area (Å²) in [6.45, 7) is 1.52. The van der Waals surface area contributed by atoms with Gasteiger partial charge in [0.25, 0.3) is 0 Å². The zero-order valence-electron chi connectivity index (χ0n) is 7.20. The van der Waals surface area contributed by atoms with Gasteiger partial charge < -0.3 is 5.32 Å². The standard InChI is InChI=1S/C10H9NOS/c1-7(12)11-9-3-2-4-10-8(9)5-6-13-10/h2-6H,1H3,(H,11,12). The molecule has 3 heteroatoms. The fourth-order valence-corrected chi connectivity index (χ4v) is 2.11. The number of carbonyl (C=O) groups excluding carboxylic acids is 1. The van der Waals surface area contributed by atoms with Crippen LogP contribution < -0.4 is 5.32 Å². The number of rotatable bonds is 1. The lowest BCUT2D eigenvalue weighted by atomic mass is 10.2. The van der Waals surface area contributed by atoms with Crippen LogP contribution in [0.2, 0.25) is 0 Å². The minimum Gasteiger partial charge on any atom is -0.326 e. The van der Waals surface area contributed by atoms with Crippen molar-refractivity contribution in [3.05, 3.63) is 29.6 Å². The number of hydrogen-bond acceptors (Lipinski definition) is 2. The normalized spacial score (nSPS) is 10.2. The molecule has 0 radical (unpaired) electrons. The van der Waals surface area contributed by atoms with Crippen molar-refractivity contribution in [2.24, 2.45) is 0 Å². The van der Waals surface area contributed by atoms with Gasteiger partial charge >= 0.3 is 0 Å². The van der Waals surface area contributed by atoms with Crippen LogP contribution in [0.3, 0.4) is 0 Å². The van der Waals surface area contributed by atoms with Crippen LogP contribution in [-0.2, 0) is 4.79 Å². The Kier molecular flexibility index (Phi) is 2.02. The van der Waals surface area contributed by atoms with Crippen LogP contribution in [0.1, 0.15) is 6.92 Å². The highest BCUT2D eigenvalue weighted by Crippen LogP contribution is 2.27. The number of thiophene rings is 1. The maximum absolute atomic E-state index is 10.9. The minimum atomic E-state index is -0.0290. The van der Waals surface area contributed by atoms with Crippen LogP contribution in [0.15, 0.2) is 29.6 Å². The predicted octanol–water partition coefficient (Wildman–Crippen LogP) is 2.86. The van der Waals surface area contributed by atoms with E-state index in [1.807, 2.05) is 29.6 Å². The molecule has 13 heavy (non-hydrogen) atoms. The van der Waals surface area contributed by atoms with E-state index in [0.717, 1.165) is 11.1 Å². The molecule has 0 unspecified atom stereocenters. The number of anilines is 1. The molecule has 0 saturated heterocycles. The number of amides is 1. The van der Waals surface area contributed by atoms with Gasteiger partial charge in [-0.2, -0.15) is 0 Å². The topological polar surface area (TPSA) is 29.1 Å². The summed E-state index contributed by atoms with van der Waals surface area (Å²) < 4.78 is 1.20. The average Bonchev–Trinajstić information content (AvgIpc) is 2.51. The molecule has 0 spiro atoms. The number of carbonyl (C=O) groups is 1. The summed E-state index contributed by atoms with van der Waals surface area (Å²) >= 11 is 1.68. The Bertz CT molecular complexity index is 447. The van der Waals surface area contributed by atoms with Gasteiger partial charge in [-0.05, 0) is 23.6 Å². The van der Waals surface area contributed by atoms with Crippen molar-refractivity contribution in [1.82, 2.24) is 0 Å². The van der Waals surface area contributed by atoms with Gasteiger partial charge in [0, 0.05) is 22.7 Å². The van der Waals surface area contributed by atoms with E-state index >= 15 is 0 Å². The summed E-state index contributed by atoms with van der Waals surface area (Å²) in [5, 5.41) is 5.94. The molecule has 2 nitrogen and oxygen atoms in total. The van der Waals surface area contributed by atoms with Crippen molar-refractivity contribution >= 4 is 33.0 Å². The molecular weight excluding hydrogens is 182 g/mol. The van der Waals surface area contributed by atoms with Crippen LogP contribution in [-0.4, -0.2) is 5.91 Å². The first kappa shape index (κ1) is 8.26. The second kappa shape index (κ2) is 3.18. The average molecular weight is 191 g/mol. The van der Waals surface area contributed by atoms with Crippen LogP contribution in [0, 0.1) is 0 Å². The molecule has 0 aliphatic heterocycles. The van der Waals surface area contributed by atoms with Gasteiger partial charge in [0.2, 0.25) is 5.91 Å². The Labute approximate surface area is 80.2 Å². The Morgan fingerprint density at radius 1 is 1.38 bits per heavy atom. The minimum absolute atomic E-state index is 0.0290. The molecule has 0 fully saturated rings. The lowest BCUT2D eigenvalue weighted by Crippen LogP contribution is -2.05. The molecular formula is C10H9NOS. The zero-order chi connectivity index (χ0) is 9.26. The van der Waals surface area contributed by atoms with E-state index in [2.05, 4.69) is 5.32 Å². The Hall–Kier alpha value is -1.35. The van der Waals surface area contributed by atoms with Gasteiger partial charge in [0.15, 0.2) is 0 Å². The quantitative estimate of drug-likeness (QED) is 0.737. The van der Waals surface area contributed by atoms with E-state index in [1.165, 1.54) is 11.6 Å². The summed E-state index contributed by atoms with van der Waals surface area (Å²) in [4.78, 5) is 10.9. The molecule has 66 valence electrons. The number of nitrogens with one attached hydrogen (secondary N) is 1. The predicted molar refractivity (Wildman–Crippen MR) is 56.1 cm³/mol. The number of hydrogen-bond donors (Lipinski definition) is 1. The second-order valence-corrected chi connectivity index (χ2v) is 3.77. The fraction of sp³-hybridized carbons (Fsp3) is 0.100. The van der Waals surface area contributed by atoms with Crippen LogP contribution in [0.25, 0.3) is 10.1 Å². The monoisotopic (exact) mass is 191 g/mol. The number of benzene rings is 1.